The van der Waals surface area contributed by atoms with Crippen LogP contribution in [0.3, 0.4) is 0 Å². The molecule has 0 aromatic heterocycles. The fourth-order valence-corrected chi connectivity index (χ4v) is 13.3. The Balaban J connectivity index is 1.11. The van der Waals surface area contributed by atoms with E-state index in [4.69, 9.17) is 0 Å². The highest BCUT2D eigenvalue weighted by molar-refractivity contribution is 5.93. The zero-order valence-electron chi connectivity index (χ0n) is 33.8. The molecule has 5 atom stereocenters. The van der Waals surface area contributed by atoms with Gasteiger partial charge in [-0.2, -0.15) is 0 Å². The quantitative estimate of drug-likeness (QED) is 0.178. The summed E-state index contributed by atoms with van der Waals surface area (Å²) >= 11 is 0. The molecule has 4 aliphatic carbocycles. The Labute approximate surface area is 342 Å². The number of benzene rings is 7. The topological polar surface area (TPSA) is 6.48 Å². The summed E-state index contributed by atoms with van der Waals surface area (Å²) in [6, 6.07) is 61.5. The van der Waals surface area contributed by atoms with Gasteiger partial charge in [0.2, 0.25) is 0 Å². The van der Waals surface area contributed by atoms with Gasteiger partial charge in [0.05, 0.1) is 11.1 Å². The highest BCUT2D eigenvalue weighted by atomic mass is 15.2. The number of rotatable bonds is 3. The first-order chi connectivity index (χ1) is 28.3. The van der Waals surface area contributed by atoms with E-state index in [-0.39, 0.29) is 10.8 Å². The molecule has 0 N–H and O–H groups in total. The summed E-state index contributed by atoms with van der Waals surface area (Å²) in [7, 11) is 0. The van der Waals surface area contributed by atoms with Crippen molar-refractivity contribution in [1.29, 1.82) is 0 Å². The third-order valence-electron chi connectivity index (χ3n) is 15.8. The molecule has 2 saturated carbocycles. The average Bonchev–Trinajstić information content (AvgIpc) is 3.90. The largest absolute Gasteiger partial charge is 0.337 e. The first-order valence-corrected chi connectivity index (χ1v) is 21.6. The van der Waals surface area contributed by atoms with E-state index in [1.165, 1.54) is 103 Å². The maximum absolute atomic E-state index is 2.83. The van der Waals surface area contributed by atoms with Crippen LogP contribution < -0.4 is 9.80 Å². The van der Waals surface area contributed by atoms with Crippen molar-refractivity contribution in [3.8, 4) is 11.1 Å². The number of hydrogen-bond donors (Lipinski definition) is 0. The van der Waals surface area contributed by atoms with Crippen molar-refractivity contribution in [2.75, 3.05) is 9.80 Å². The smallest absolute Gasteiger partial charge is 0.0748 e. The summed E-state index contributed by atoms with van der Waals surface area (Å²) in [5, 5.41) is 0. The Morgan fingerprint density at radius 2 is 1.14 bits per heavy atom. The van der Waals surface area contributed by atoms with Crippen LogP contribution in [0, 0.1) is 11.8 Å². The van der Waals surface area contributed by atoms with Crippen molar-refractivity contribution in [1.82, 2.24) is 0 Å². The van der Waals surface area contributed by atoms with Crippen molar-refractivity contribution in [3.05, 3.63) is 208 Å². The standard InChI is InChI=1S/C56H48N2/c1-54(2)42-20-9-8-18-38(42)39-29-28-37(33-48(39)54)57(36-16-6-5-7-17-36)50-27-15-24-46-52(50)55(3,4)43-21-10-11-22-44(43)56(46)45-23-12-13-26-49(45)58-51-32-35-30-34(35)31-41(51)40-19-14-25-47(56)53(40)58/h5-29,33-35,41,51H,30-32H2,1-4H3/t34?,35?,41?,51?,56-/m1/s1. The van der Waals surface area contributed by atoms with Crippen LogP contribution in [-0.2, 0) is 16.2 Å². The van der Waals surface area contributed by atoms with E-state index in [1.807, 2.05) is 0 Å². The minimum Gasteiger partial charge on any atom is -0.337 e. The number of nitrogens with zero attached hydrogens (tertiary/aromatic N) is 2. The van der Waals surface area contributed by atoms with Crippen molar-refractivity contribution < 1.29 is 0 Å². The molecule has 1 spiro atoms. The second kappa shape index (κ2) is 11.2. The van der Waals surface area contributed by atoms with E-state index in [0.717, 1.165) is 11.8 Å². The second-order valence-electron chi connectivity index (χ2n) is 19.2. The summed E-state index contributed by atoms with van der Waals surface area (Å²) in [5.41, 5.74) is 21.2. The lowest BCUT2D eigenvalue weighted by Crippen LogP contribution is -2.47. The number of para-hydroxylation sites is 3. The zero-order valence-corrected chi connectivity index (χ0v) is 33.8. The predicted molar refractivity (Wildman–Crippen MR) is 239 cm³/mol. The Kier molecular flexibility index (Phi) is 6.40. The predicted octanol–water partition coefficient (Wildman–Crippen LogP) is 13.8. The third kappa shape index (κ3) is 3.99. The molecule has 0 radical (unpaired) electrons. The highest BCUT2D eigenvalue weighted by Gasteiger charge is 2.59. The fraction of sp³-hybridized carbons (Fsp3) is 0.250. The third-order valence-corrected chi connectivity index (χ3v) is 15.8. The number of hydrogen-bond acceptors (Lipinski definition) is 2. The molecule has 0 saturated heterocycles. The van der Waals surface area contributed by atoms with Crippen LogP contribution in [0.5, 0.6) is 0 Å². The lowest BCUT2D eigenvalue weighted by Gasteiger charge is -2.53. The van der Waals surface area contributed by atoms with Crippen LogP contribution in [0.25, 0.3) is 11.1 Å². The van der Waals surface area contributed by atoms with Crippen molar-refractivity contribution in [2.45, 2.75) is 75.2 Å². The summed E-state index contributed by atoms with van der Waals surface area (Å²) in [4.78, 5) is 5.40. The van der Waals surface area contributed by atoms with E-state index in [9.17, 15) is 0 Å². The molecular weight excluding hydrogens is 701 g/mol. The van der Waals surface area contributed by atoms with Crippen LogP contribution in [0.4, 0.5) is 28.4 Å². The Bertz CT molecular complexity index is 2880. The van der Waals surface area contributed by atoms with E-state index >= 15 is 0 Å². The minimum atomic E-state index is -0.490. The summed E-state index contributed by atoms with van der Waals surface area (Å²) in [6.45, 7) is 9.74. The molecule has 2 nitrogen and oxygen atoms in total. The van der Waals surface area contributed by atoms with E-state index in [0.29, 0.717) is 12.0 Å². The maximum atomic E-state index is 2.83. The van der Waals surface area contributed by atoms with Gasteiger partial charge in [-0.1, -0.05) is 149 Å². The van der Waals surface area contributed by atoms with Gasteiger partial charge in [0.1, 0.15) is 0 Å². The van der Waals surface area contributed by atoms with Gasteiger partial charge in [0, 0.05) is 45.5 Å². The van der Waals surface area contributed by atoms with Gasteiger partial charge in [-0.15, -0.1) is 0 Å². The Hall–Kier alpha value is -5.86. The van der Waals surface area contributed by atoms with Crippen LogP contribution >= 0.6 is 0 Å². The molecule has 7 aromatic carbocycles. The molecule has 0 bridgehead atoms. The Morgan fingerprint density at radius 1 is 0.483 bits per heavy atom. The molecule has 6 aliphatic rings. The van der Waals surface area contributed by atoms with Gasteiger partial charge in [-0.3, -0.25) is 0 Å². The van der Waals surface area contributed by atoms with Crippen LogP contribution in [0.15, 0.2) is 158 Å². The fourth-order valence-electron chi connectivity index (χ4n) is 13.3. The van der Waals surface area contributed by atoms with Gasteiger partial charge in [-0.25, -0.2) is 0 Å². The molecule has 4 unspecified atom stereocenters. The second-order valence-corrected chi connectivity index (χ2v) is 19.2. The highest BCUT2D eigenvalue weighted by Crippen LogP contribution is 2.69. The molecule has 282 valence electrons. The molecular formula is C56H48N2. The van der Waals surface area contributed by atoms with Crippen LogP contribution in [-0.4, -0.2) is 6.04 Å². The monoisotopic (exact) mass is 748 g/mol. The number of fused-ring (bicyclic) bond motifs is 15. The zero-order chi connectivity index (χ0) is 38.7. The first-order valence-electron chi connectivity index (χ1n) is 21.6. The number of anilines is 5. The first kappa shape index (κ1) is 33.1. The average molecular weight is 749 g/mol. The van der Waals surface area contributed by atoms with E-state index in [1.54, 1.807) is 5.56 Å². The van der Waals surface area contributed by atoms with Gasteiger partial charge in [-0.05, 0) is 129 Å². The molecule has 2 aliphatic heterocycles. The van der Waals surface area contributed by atoms with Gasteiger partial charge < -0.3 is 9.80 Å². The van der Waals surface area contributed by atoms with Gasteiger partial charge in [0.15, 0.2) is 0 Å². The van der Waals surface area contributed by atoms with Gasteiger partial charge in [0.25, 0.3) is 0 Å². The van der Waals surface area contributed by atoms with Crippen molar-refractivity contribution in [2.24, 2.45) is 11.8 Å². The van der Waals surface area contributed by atoms with Crippen molar-refractivity contribution >= 4 is 28.4 Å². The molecule has 58 heavy (non-hydrogen) atoms. The van der Waals surface area contributed by atoms with Crippen LogP contribution in [0.1, 0.15) is 103 Å². The lowest BCUT2D eigenvalue weighted by atomic mass is 9.52. The van der Waals surface area contributed by atoms with Crippen LogP contribution in [0.2, 0.25) is 0 Å². The van der Waals surface area contributed by atoms with E-state index in [2.05, 4.69) is 195 Å². The summed E-state index contributed by atoms with van der Waals surface area (Å²) in [6.07, 6.45) is 4.06. The lowest BCUT2D eigenvalue weighted by molar-refractivity contribution is 0.384. The molecule has 7 aromatic rings. The molecule has 13 rings (SSSR count). The summed E-state index contributed by atoms with van der Waals surface area (Å²) in [5.74, 6) is 2.39. The molecule has 0 amide bonds. The van der Waals surface area contributed by atoms with Gasteiger partial charge >= 0.3 is 0 Å². The SMILES string of the molecule is CC1(C)c2ccccc2-c2ccc(N(c3ccccc3)c3cccc4c3C(C)(C)c3ccccc3[C@@]43c4ccccc4N4c5c(cccc53)C3CC5CC5CC34)cc21. The summed E-state index contributed by atoms with van der Waals surface area (Å²) < 4.78 is 0. The normalized spacial score (nSPS) is 25.0. The minimum absolute atomic E-state index is 0.105. The Morgan fingerprint density at radius 3 is 1.98 bits per heavy atom. The van der Waals surface area contributed by atoms with Crippen molar-refractivity contribution in [3.63, 3.8) is 0 Å². The molecule has 2 fully saturated rings. The molecule has 2 heteroatoms. The molecule has 2 heterocycles. The maximum Gasteiger partial charge on any atom is 0.0748 e. The van der Waals surface area contributed by atoms with E-state index < -0.39 is 5.41 Å².